The van der Waals surface area contributed by atoms with Crippen LogP contribution in [0.3, 0.4) is 0 Å². The summed E-state index contributed by atoms with van der Waals surface area (Å²) in [4.78, 5) is 0. The van der Waals surface area contributed by atoms with Crippen molar-refractivity contribution in [2.24, 2.45) is 5.73 Å². The topological polar surface area (TPSA) is 26.0 Å². The van der Waals surface area contributed by atoms with E-state index in [0.29, 0.717) is 22.0 Å². The van der Waals surface area contributed by atoms with Crippen molar-refractivity contribution in [3.8, 4) is 0 Å². The average Bonchev–Trinajstić information content (AvgIpc) is 2.38. The summed E-state index contributed by atoms with van der Waals surface area (Å²) in [6.07, 6.45) is 0.313. The molecule has 4 heteroatoms. The van der Waals surface area contributed by atoms with Gasteiger partial charge in [0.2, 0.25) is 0 Å². The van der Waals surface area contributed by atoms with Crippen LogP contribution in [0.5, 0.6) is 0 Å². The van der Waals surface area contributed by atoms with Crippen molar-refractivity contribution in [1.29, 1.82) is 0 Å². The standard InChI is InChI=1S/C16H16Cl2FN/c1-9-6-12(14(18)7-10(9)2)16(20)8-11-13(17)4-3-5-15(11)19/h3-7,16H,8,20H2,1-2H3. The first kappa shape index (κ1) is 15.3. The molecule has 0 heterocycles. The number of hydrogen-bond acceptors (Lipinski definition) is 1. The second kappa shape index (κ2) is 6.13. The van der Waals surface area contributed by atoms with E-state index in [4.69, 9.17) is 28.9 Å². The quantitative estimate of drug-likeness (QED) is 0.849. The molecule has 2 aromatic rings. The van der Waals surface area contributed by atoms with Crippen LogP contribution in [0.4, 0.5) is 4.39 Å². The predicted octanol–water partition coefficient (Wildman–Crippen LogP) is 4.99. The Kier molecular flexibility index (Phi) is 4.69. The van der Waals surface area contributed by atoms with Crippen LogP contribution < -0.4 is 5.73 Å². The zero-order valence-electron chi connectivity index (χ0n) is 11.4. The Morgan fingerprint density at radius 1 is 1.10 bits per heavy atom. The molecule has 0 spiro atoms. The van der Waals surface area contributed by atoms with Crippen molar-refractivity contribution in [3.63, 3.8) is 0 Å². The Labute approximate surface area is 128 Å². The fourth-order valence-corrected chi connectivity index (χ4v) is 2.74. The molecule has 0 saturated carbocycles. The van der Waals surface area contributed by atoms with E-state index < -0.39 is 6.04 Å². The molecular weight excluding hydrogens is 296 g/mol. The van der Waals surface area contributed by atoms with Gasteiger partial charge in [0.25, 0.3) is 0 Å². The monoisotopic (exact) mass is 311 g/mol. The molecule has 0 radical (unpaired) electrons. The summed E-state index contributed by atoms with van der Waals surface area (Å²) < 4.78 is 13.8. The normalized spacial score (nSPS) is 12.5. The van der Waals surface area contributed by atoms with Gasteiger partial charge in [-0.05, 0) is 55.2 Å². The summed E-state index contributed by atoms with van der Waals surface area (Å²) in [6, 6.07) is 8.07. The van der Waals surface area contributed by atoms with Gasteiger partial charge in [0.15, 0.2) is 0 Å². The first-order chi connectivity index (χ1) is 9.40. The van der Waals surface area contributed by atoms with E-state index in [-0.39, 0.29) is 5.82 Å². The molecule has 0 aromatic heterocycles. The highest BCUT2D eigenvalue weighted by atomic mass is 35.5. The molecule has 0 saturated heterocycles. The van der Waals surface area contributed by atoms with E-state index in [2.05, 4.69) is 0 Å². The minimum Gasteiger partial charge on any atom is -0.324 e. The summed E-state index contributed by atoms with van der Waals surface area (Å²) in [5, 5.41) is 0.994. The van der Waals surface area contributed by atoms with Crippen LogP contribution in [0.25, 0.3) is 0 Å². The smallest absolute Gasteiger partial charge is 0.127 e. The predicted molar refractivity (Wildman–Crippen MR) is 83.0 cm³/mol. The molecule has 0 bridgehead atoms. The fourth-order valence-electron chi connectivity index (χ4n) is 2.14. The van der Waals surface area contributed by atoms with Crippen LogP contribution in [0.1, 0.15) is 28.3 Å². The van der Waals surface area contributed by atoms with E-state index in [9.17, 15) is 4.39 Å². The van der Waals surface area contributed by atoms with Crippen molar-refractivity contribution in [3.05, 3.63) is 68.4 Å². The van der Waals surface area contributed by atoms with Crippen molar-refractivity contribution in [1.82, 2.24) is 0 Å². The van der Waals surface area contributed by atoms with Crippen molar-refractivity contribution >= 4 is 23.2 Å². The lowest BCUT2D eigenvalue weighted by atomic mass is 9.96. The summed E-state index contributed by atoms with van der Waals surface area (Å²) in [5.74, 6) is -0.340. The van der Waals surface area contributed by atoms with Gasteiger partial charge in [0, 0.05) is 21.7 Å². The summed E-state index contributed by atoms with van der Waals surface area (Å²) in [7, 11) is 0. The van der Waals surface area contributed by atoms with Crippen LogP contribution in [0.15, 0.2) is 30.3 Å². The van der Waals surface area contributed by atoms with Gasteiger partial charge in [-0.15, -0.1) is 0 Å². The Morgan fingerprint density at radius 3 is 2.40 bits per heavy atom. The molecule has 0 amide bonds. The van der Waals surface area contributed by atoms with Crippen LogP contribution in [-0.2, 0) is 6.42 Å². The first-order valence-electron chi connectivity index (χ1n) is 6.35. The molecule has 1 nitrogen and oxygen atoms in total. The Balaban J connectivity index is 2.33. The summed E-state index contributed by atoms with van der Waals surface area (Å²) >= 11 is 12.3. The second-order valence-corrected chi connectivity index (χ2v) is 5.78. The van der Waals surface area contributed by atoms with E-state index in [1.165, 1.54) is 6.07 Å². The van der Waals surface area contributed by atoms with Gasteiger partial charge in [0.05, 0.1) is 0 Å². The number of rotatable bonds is 3. The van der Waals surface area contributed by atoms with Crippen molar-refractivity contribution in [2.45, 2.75) is 26.3 Å². The minimum atomic E-state index is -0.392. The zero-order valence-corrected chi connectivity index (χ0v) is 12.9. The fraction of sp³-hybridized carbons (Fsp3) is 0.250. The SMILES string of the molecule is Cc1cc(Cl)c(C(N)Cc2c(F)cccc2Cl)cc1C. The first-order valence-corrected chi connectivity index (χ1v) is 7.11. The van der Waals surface area contributed by atoms with Gasteiger partial charge in [-0.25, -0.2) is 4.39 Å². The van der Waals surface area contributed by atoms with Crippen LogP contribution in [0, 0.1) is 19.7 Å². The Hall–Kier alpha value is -1.09. The van der Waals surface area contributed by atoms with Gasteiger partial charge in [0.1, 0.15) is 5.82 Å². The molecular formula is C16H16Cl2FN. The number of aryl methyl sites for hydroxylation is 2. The molecule has 0 aliphatic carbocycles. The highest BCUT2D eigenvalue weighted by Gasteiger charge is 2.16. The highest BCUT2D eigenvalue weighted by Crippen LogP contribution is 2.30. The number of nitrogens with two attached hydrogens (primary N) is 1. The van der Waals surface area contributed by atoms with Crippen molar-refractivity contribution < 1.29 is 4.39 Å². The van der Waals surface area contributed by atoms with E-state index in [1.807, 2.05) is 26.0 Å². The second-order valence-electron chi connectivity index (χ2n) is 4.97. The maximum Gasteiger partial charge on any atom is 0.127 e. The lowest BCUT2D eigenvalue weighted by Gasteiger charge is -2.17. The third-order valence-corrected chi connectivity index (χ3v) is 4.18. The van der Waals surface area contributed by atoms with E-state index in [0.717, 1.165) is 16.7 Å². The zero-order chi connectivity index (χ0) is 14.9. The van der Waals surface area contributed by atoms with Gasteiger partial charge in [-0.3, -0.25) is 0 Å². The lowest BCUT2D eigenvalue weighted by molar-refractivity contribution is 0.593. The summed E-state index contributed by atoms with van der Waals surface area (Å²) in [5.41, 5.74) is 9.63. The molecule has 2 N–H and O–H groups in total. The van der Waals surface area contributed by atoms with E-state index in [1.54, 1.807) is 12.1 Å². The Bertz CT molecular complexity index is 620. The molecule has 0 fully saturated rings. The maximum atomic E-state index is 13.8. The number of benzene rings is 2. The molecule has 0 aliphatic heterocycles. The largest absolute Gasteiger partial charge is 0.324 e. The summed E-state index contributed by atoms with van der Waals surface area (Å²) in [6.45, 7) is 3.99. The molecule has 106 valence electrons. The molecule has 0 aliphatic rings. The van der Waals surface area contributed by atoms with Gasteiger partial charge < -0.3 is 5.73 Å². The molecule has 1 unspecified atom stereocenters. The van der Waals surface area contributed by atoms with Gasteiger partial charge in [-0.1, -0.05) is 35.3 Å². The molecule has 2 aromatic carbocycles. The van der Waals surface area contributed by atoms with Crippen LogP contribution in [0.2, 0.25) is 10.0 Å². The minimum absolute atomic E-state index is 0.313. The number of halogens is 3. The van der Waals surface area contributed by atoms with E-state index >= 15 is 0 Å². The Morgan fingerprint density at radius 2 is 1.75 bits per heavy atom. The van der Waals surface area contributed by atoms with Crippen LogP contribution >= 0.6 is 23.2 Å². The maximum absolute atomic E-state index is 13.8. The lowest BCUT2D eigenvalue weighted by Crippen LogP contribution is -2.15. The van der Waals surface area contributed by atoms with Crippen LogP contribution in [-0.4, -0.2) is 0 Å². The van der Waals surface area contributed by atoms with Gasteiger partial charge >= 0.3 is 0 Å². The average molecular weight is 312 g/mol. The third kappa shape index (κ3) is 3.14. The molecule has 2 rings (SSSR count). The molecule has 20 heavy (non-hydrogen) atoms. The molecule has 1 atom stereocenters. The highest BCUT2D eigenvalue weighted by molar-refractivity contribution is 6.31. The van der Waals surface area contributed by atoms with Crippen molar-refractivity contribution in [2.75, 3.05) is 0 Å². The van der Waals surface area contributed by atoms with Gasteiger partial charge in [-0.2, -0.15) is 0 Å². The number of hydrogen-bond donors (Lipinski definition) is 1. The third-order valence-electron chi connectivity index (χ3n) is 3.50.